The number of ether oxygens (including phenoxy) is 2. The summed E-state index contributed by atoms with van der Waals surface area (Å²) in [6, 6.07) is 30.4. The summed E-state index contributed by atoms with van der Waals surface area (Å²) in [5.74, 6) is -0.691. The van der Waals surface area contributed by atoms with Crippen molar-refractivity contribution in [3.63, 3.8) is 0 Å². The Hall–Kier alpha value is -3.13. The zero-order chi connectivity index (χ0) is 27.4. The standard InChI is InChI=1S/C31H36O5SSi/c1-31(2,3)38(27-16-10-6-11-17-27,28-18-12-7-13-19-28)35-23-22-25(20-21-29(32)34-4)36-30(33)24-37-26-14-8-5-9-15-26/h5-21,25H,22-24H2,1-4H3/b21-20+/t25-/m0/s1. The minimum atomic E-state index is -2.73. The second kappa shape index (κ2) is 14.1. The SMILES string of the molecule is COC(=O)/C=C/[C@@H](CCO[Si](c1ccccc1)(c1ccccc1)C(C)(C)C)OC(=O)CSc1ccccc1. The molecular weight excluding hydrogens is 512 g/mol. The lowest BCUT2D eigenvalue weighted by Crippen LogP contribution is -2.66. The van der Waals surface area contributed by atoms with Crippen LogP contribution in [0.2, 0.25) is 5.04 Å². The third-order valence-corrected chi connectivity index (χ3v) is 12.2. The maximum atomic E-state index is 12.7. The molecule has 0 amide bonds. The van der Waals surface area contributed by atoms with Crippen molar-refractivity contribution < 1.29 is 23.5 Å². The van der Waals surface area contributed by atoms with E-state index in [1.807, 2.05) is 66.7 Å². The Morgan fingerprint density at radius 3 is 1.89 bits per heavy atom. The third kappa shape index (κ3) is 7.93. The molecule has 5 nitrogen and oxygen atoms in total. The van der Waals surface area contributed by atoms with Gasteiger partial charge in [0.25, 0.3) is 8.32 Å². The van der Waals surface area contributed by atoms with Crippen molar-refractivity contribution in [2.45, 2.75) is 43.2 Å². The van der Waals surface area contributed by atoms with Crippen molar-refractivity contribution >= 4 is 42.4 Å². The summed E-state index contributed by atoms with van der Waals surface area (Å²) in [4.78, 5) is 25.4. The number of benzene rings is 3. The molecule has 200 valence electrons. The van der Waals surface area contributed by atoms with Crippen LogP contribution >= 0.6 is 11.8 Å². The molecule has 38 heavy (non-hydrogen) atoms. The molecule has 3 rings (SSSR count). The summed E-state index contributed by atoms with van der Waals surface area (Å²) < 4.78 is 17.4. The minimum Gasteiger partial charge on any atom is -0.466 e. The van der Waals surface area contributed by atoms with E-state index in [0.717, 1.165) is 4.90 Å². The molecule has 0 aromatic heterocycles. The highest BCUT2D eigenvalue weighted by Crippen LogP contribution is 2.36. The van der Waals surface area contributed by atoms with Gasteiger partial charge in [-0.25, -0.2) is 4.79 Å². The summed E-state index contributed by atoms with van der Waals surface area (Å²) >= 11 is 1.41. The van der Waals surface area contributed by atoms with Crippen LogP contribution in [0.5, 0.6) is 0 Å². The molecule has 0 aliphatic heterocycles. The number of hydrogen-bond acceptors (Lipinski definition) is 6. The zero-order valence-corrected chi connectivity index (χ0v) is 24.3. The lowest BCUT2D eigenvalue weighted by Gasteiger charge is -2.43. The first-order valence-electron chi connectivity index (χ1n) is 12.6. The van der Waals surface area contributed by atoms with Gasteiger partial charge in [0.2, 0.25) is 0 Å². The smallest absolute Gasteiger partial charge is 0.330 e. The van der Waals surface area contributed by atoms with Crippen LogP contribution < -0.4 is 10.4 Å². The fourth-order valence-electron chi connectivity index (χ4n) is 4.40. The van der Waals surface area contributed by atoms with Crippen molar-refractivity contribution in [3.05, 3.63) is 103 Å². The Bertz CT molecular complexity index is 1140. The predicted octanol–water partition coefficient (Wildman–Crippen LogP) is 5.39. The van der Waals surface area contributed by atoms with Gasteiger partial charge in [-0.1, -0.05) is 99.6 Å². The number of methoxy groups -OCH3 is 1. The number of rotatable bonds is 12. The highest BCUT2D eigenvalue weighted by atomic mass is 32.2. The minimum absolute atomic E-state index is 0.169. The van der Waals surface area contributed by atoms with Crippen LogP contribution in [0.3, 0.4) is 0 Å². The maximum absolute atomic E-state index is 12.7. The van der Waals surface area contributed by atoms with Gasteiger partial charge in [-0.05, 0) is 33.6 Å². The third-order valence-electron chi connectivity index (χ3n) is 6.17. The van der Waals surface area contributed by atoms with Gasteiger partial charge in [0, 0.05) is 24.0 Å². The van der Waals surface area contributed by atoms with Crippen LogP contribution in [0.25, 0.3) is 0 Å². The van der Waals surface area contributed by atoms with Crippen molar-refractivity contribution in [2.24, 2.45) is 0 Å². The molecule has 1 atom stereocenters. The highest BCUT2D eigenvalue weighted by Gasteiger charge is 2.50. The van der Waals surface area contributed by atoms with Crippen molar-refractivity contribution in [1.29, 1.82) is 0 Å². The van der Waals surface area contributed by atoms with Gasteiger partial charge in [0.1, 0.15) is 6.10 Å². The summed E-state index contributed by atoms with van der Waals surface area (Å²) in [6.07, 6.45) is 2.65. The van der Waals surface area contributed by atoms with E-state index in [0.29, 0.717) is 13.0 Å². The van der Waals surface area contributed by atoms with Crippen molar-refractivity contribution in [3.8, 4) is 0 Å². The molecule has 0 fully saturated rings. The number of carbonyl (C=O) groups excluding carboxylic acids is 2. The molecule has 0 heterocycles. The highest BCUT2D eigenvalue weighted by molar-refractivity contribution is 8.00. The molecule has 0 radical (unpaired) electrons. The molecule has 0 saturated heterocycles. The molecule has 0 saturated carbocycles. The normalized spacial score (nSPS) is 12.7. The van der Waals surface area contributed by atoms with Crippen LogP contribution in [0.15, 0.2) is 108 Å². The Balaban J connectivity index is 1.80. The Labute approximate surface area is 231 Å². The zero-order valence-electron chi connectivity index (χ0n) is 22.5. The average Bonchev–Trinajstić information content (AvgIpc) is 2.93. The Kier molecular flexibility index (Phi) is 10.9. The summed E-state index contributed by atoms with van der Waals surface area (Å²) in [7, 11) is -1.41. The largest absolute Gasteiger partial charge is 0.466 e. The predicted molar refractivity (Wildman–Crippen MR) is 156 cm³/mol. The molecule has 3 aromatic rings. The Morgan fingerprint density at radius 1 is 0.868 bits per heavy atom. The molecular formula is C31H36O5SSi. The van der Waals surface area contributed by atoms with E-state index in [9.17, 15) is 9.59 Å². The van der Waals surface area contributed by atoms with E-state index >= 15 is 0 Å². The number of thioether (sulfide) groups is 1. The molecule has 0 aliphatic rings. The number of esters is 2. The van der Waals surface area contributed by atoms with Gasteiger partial charge in [0.15, 0.2) is 0 Å². The fourth-order valence-corrected chi connectivity index (χ4v) is 9.68. The average molecular weight is 549 g/mol. The van der Waals surface area contributed by atoms with E-state index in [-0.39, 0.29) is 16.8 Å². The quantitative estimate of drug-likeness (QED) is 0.131. The van der Waals surface area contributed by atoms with Crippen LogP contribution in [-0.4, -0.2) is 45.8 Å². The molecule has 0 N–H and O–H groups in total. The van der Waals surface area contributed by atoms with E-state index in [1.54, 1.807) is 6.08 Å². The fraction of sp³-hybridized carbons (Fsp3) is 0.290. The van der Waals surface area contributed by atoms with E-state index < -0.39 is 20.4 Å². The summed E-state index contributed by atoms with van der Waals surface area (Å²) in [5, 5.41) is 2.18. The maximum Gasteiger partial charge on any atom is 0.330 e. The van der Waals surface area contributed by atoms with Crippen LogP contribution in [0.4, 0.5) is 0 Å². The number of carbonyl (C=O) groups is 2. The van der Waals surface area contributed by atoms with Crippen molar-refractivity contribution in [2.75, 3.05) is 19.5 Å². The van der Waals surface area contributed by atoms with Crippen LogP contribution in [0.1, 0.15) is 27.2 Å². The molecule has 0 unspecified atom stereocenters. The molecule has 0 aliphatic carbocycles. The first-order chi connectivity index (χ1) is 18.3. The molecule has 3 aromatic carbocycles. The van der Waals surface area contributed by atoms with E-state index in [4.69, 9.17) is 13.9 Å². The lowest BCUT2D eigenvalue weighted by molar-refractivity contribution is -0.144. The Morgan fingerprint density at radius 2 is 1.39 bits per heavy atom. The monoisotopic (exact) mass is 548 g/mol. The number of hydrogen-bond donors (Lipinski definition) is 0. The van der Waals surface area contributed by atoms with Gasteiger partial charge in [-0.3, -0.25) is 4.79 Å². The molecule has 0 spiro atoms. The molecule has 0 bridgehead atoms. The first-order valence-corrected chi connectivity index (χ1v) is 15.5. The topological polar surface area (TPSA) is 61.8 Å². The van der Waals surface area contributed by atoms with Gasteiger partial charge in [-0.2, -0.15) is 0 Å². The second-order valence-electron chi connectivity index (χ2n) is 9.81. The summed E-state index contributed by atoms with van der Waals surface area (Å²) in [6.45, 7) is 7.00. The first kappa shape index (κ1) is 29.4. The molecule has 7 heteroatoms. The lowest BCUT2D eigenvalue weighted by atomic mass is 10.2. The van der Waals surface area contributed by atoms with Gasteiger partial charge in [0.05, 0.1) is 12.9 Å². The van der Waals surface area contributed by atoms with Gasteiger partial charge in [-0.15, -0.1) is 11.8 Å². The van der Waals surface area contributed by atoms with Crippen LogP contribution in [-0.2, 0) is 23.5 Å². The van der Waals surface area contributed by atoms with E-state index in [1.165, 1.54) is 35.3 Å². The second-order valence-corrected chi connectivity index (χ2v) is 15.2. The van der Waals surface area contributed by atoms with Gasteiger partial charge < -0.3 is 13.9 Å². The van der Waals surface area contributed by atoms with E-state index in [2.05, 4.69) is 45.0 Å². The van der Waals surface area contributed by atoms with Gasteiger partial charge >= 0.3 is 11.9 Å². The van der Waals surface area contributed by atoms with Crippen LogP contribution in [0, 0.1) is 0 Å². The van der Waals surface area contributed by atoms with Crippen molar-refractivity contribution in [1.82, 2.24) is 0 Å². The summed E-state index contributed by atoms with van der Waals surface area (Å²) in [5.41, 5.74) is 0.